The average molecular weight is 383 g/mol. The van der Waals surface area contributed by atoms with E-state index in [-0.39, 0.29) is 24.0 Å². The zero-order chi connectivity index (χ0) is 18.9. The highest BCUT2D eigenvalue weighted by molar-refractivity contribution is 7.89. The molecule has 0 aromatic heterocycles. The minimum atomic E-state index is -3.30. The van der Waals surface area contributed by atoms with Crippen molar-refractivity contribution in [2.45, 2.75) is 26.8 Å². The smallest absolute Gasteiger partial charge is 0.219 e. The molecule has 2 aliphatic heterocycles. The number of halogens is 1. The molecule has 8 heteroatoms. The quantitative estimate of drug-likeness (QED) is 0.797. The van der Waals surface area contributed by atoms with Gasteiger partial charge in [0.25, 0.3) is 0 Å². The minimum absolute atomic E-state index is 0.0585. The van der Waals surface area contributed by atoms with Crippen LogP contribution in [0.4, 0.5) is 10.1 Å². The van der Waals surface area contributed by atoms with Gasteiger partial charge >= 0.3 is 0 Å². The summed E-state index contributed by atoms with van der Waals surface area (Å²) in [5.41, 5.74) is 1.16. The molecule has 0 N–H and O–H groups in total. The molecule has 144 valence electrons. The molecule has 1 unspecified atom stereocenters. The molecule has 2 saturated heterocycles. The van der Waals surface area contributed by atoms with Crippen molar-refractivity contribution in [3.05, 3.63) is 29.6 Å². The predicted molar refractivity (Wildman–Crippen MR) is 98.8 cm³/mol. The van der Waals surface area contributed by atoms with Crippen LogP contribution in [0.25, 0.3) is 0 Å². The fraction of sp³-hybridized carbons (Fsp3) is 0.611. The van der Waals surface area contributed by atoms with E-state index in [9.17, 15) is 17.6 Å². The van der Waals surface area contributed by atoms with Crippen molar-refractivity contribution in [1.29, 1.82) is 0 Å². The maximum absolute atomic E-state index is 14.6. The standard InChI is InChI=1S/C18H26FN3O3S/c1-14-5-10-26(24,25)22(12-14)13-16-3-4-17(11-18(16)19)21-8-6-20(7-9-21)15(2)23/h3-4,11,14H,5-10,12-13H2,1-2H3. The van der Waals surface area contributed by atoms with E-state index >= 15 is 0 Å². The van der Waals surface area contributed by atoms with Crippen molar-refractivity contribution in [3.63, 3.8) is 0 Å². The summed E-state index contributed by atoms with van der Waals surface area (Å²) < 4.78 is 40.4. The van der Waals surface area contributed by atoms with Gasteiger partial charge in [-0.3, -0.25) is 4.79 Å². The van der Waals surface area contributed by atoms with Crippen molar-refractivity contribution < 1.29 is 17.6 Å². The Morgan fingerprint density at radius 3 is 2.54 bits per heavy atom. The van der Waals surface area contributed by atoms with E-state index in [1.807, 2.05) is 17.9 Å². The van der Waals surface area contributed by atoms with Gasteiger partial charge in [-0.2, -0.15) is 4.31 Å². The lowest BCUT2D eigenvalue weighted by molar-refractivity contribution is -0.129. The van der Waals surface area contributed by atoms with E-state index in [0.717, 1.165) is 5.69 Å². The first-order chi connectivity index (χ1) is 12.3. The molecule has 0 saturated carbocycles. The van der Waals surface area contributed by atoms with Crippen LogP contribution < -0.4 is 4.90 Å². The Morgan fingerprint density at radius 2 is 1.92 bits per heavy atom. The van der Waals surface area contributed by atoms with Crippen LogP contribution in [0.15, 0.2) is 18.2 Å². The molecule has 2 heterocycles. The molecule has 1 amide bonds. The van der Waals surface area contributed by atoms with E-state index < -0.39 is 10.0 Å². The SMILES string of the molecule is CC(=O)N1CCN(c2ccc(CN3CC(C)CCS3(=O)=O)c(F)c2)CC1. The van der Waals surface area contributed by atoms with Gasteiger partial charge in [0.15, 0.2) is 0 Å². The van der Waals surface area contributed by atoms with Gasteiger partial charge in [0.05, 0.1) is 5.75 Å². The van der Waals surface area contributed by atoms with Gasteiger partial charge in [-0.1, -0.05) is 13.0 Å². The van der Waals surface area contributed by atoms with Crippen molar-refractivity contribution in [3.8, 4) is 0 Å². The Bertz CT molecular complexity index is 776. The zero-order valence-corrected chi connectivity index (χ0v) is 16.1. The van der Waals surface area contributed by atoms with Gasteiger partial charge < -0.3 is 9.80 Å². The lowest BCUT2D eigenvalue weighted by Gasteiger charge is -2.36. The van der Waals surface area contributed by atoms with E-state index in [0.29, 0.717) is 50.6 Å². The maximum Gasteiger partial charge on any atom is 0.219 e. The summed E-state index contributed by atoms with van der Waals surface area (Å²) in [6, 6.07) is 4.98. The van der Waals surface area contributed by atoms with Crippen LogP contribution in [0.2, 0.25) is 0 Å². The first-order valence-electron chi connectivity index (χ1n) is 9.03. The van der Waals surface area contributed by atoms with Crippen LogP contribution in [0.1, 0.15) is 25.8 Å². The molecule has 1 atom stereocenters. The third-order valence-electron chi connectivity index (χ3n) is 5.25. The predicted octanol–water partition coefficient (Wildman–Crippen LogP) is 1.67. The number of carbonyl (C=O) groups is 1. The third kappa shape index (κ3) is 4.17. The summed E-state index contributed by atoms with van der Waals surface area (Å²) in [5.74, 6) is 0.0976. The molecule has 0 spiro atoms. The van der Waals surface area contributed by atoms with Gasteiger partial charge in [-0.25, -0.2) is 12.8 Å². The van der Waals surface area contributed by atoms with E-state index in [1.54, 1.807) is 17.9 Å². The fourth-order valence-corrected chi connectivity index (χ4v) is 5.30. The number of nitrogens with zero attached hydrogens (tertiary/aromatic N) is 3. The van der Waals surface area contributed by atoms with E-state index in [2.05, 4.69) is 0 Å². The molecule has 26 heavy (non-hydrogen) atoms. The Morgan fingerprint density at radius 1 is 1.23 bits per heavy atom. The minimum Gasteiger partial charge on any atom is -0.368 e. The molecular weight excluding hydrogens is 357 g/mol. The molecule has 0 bridgehead atoms. The van der Waals surface area contributed by atoms with Gasteiger partial charge in [0.1, 0.15) is 5.82 Å². The molecule has 0 aliphatic carbocycles. The highest BCUT2D eigenvalue weighted by Crippen LogP contribution is 2.25. The fourth-order valence-electron chi connectivity index (χ4n) is 3.53. The molecule has 0 radical (unpaired) electrons. The first-order valence-corrected chi connectivity index (χ1v) is 10.6. The summed E-state index contributed by atoms with van der Waals surface area (Å²) in [6.07, 6.45) is 0.659. The number of piperazine rings is 1. The molecule has 6 nitrogen and oxygen atoms in total. The number of benzene rings is 1. The van der Waals surface area contributed by atoms with Crippen LogP contribution >= 0.6 is 0 Å². The van der Waals surface area contributed by atoms with Crippen LogP contribution in [-0.4, -0.2) is 62.0 Å². The van der Waals surface area contributed by atoms with Crippen LogP contribution in [0.3, 0.4) is 0 Å². The van der Waals surface area contributed by atoms with Crippen LogP contribution in [0.5, 0.6) is 0 Å². The zero-order valence-electron chi connectivity index (χ0n) is 15.3. The molecular formula is C18H26FN3O3S. The molecule has 2 fully saturated rings. The van der Waals surface area contributed by atoms with Crippen molar-refractivity contribution >= 4 is 21.6 Å². The summed E-state index contributed by atoms with van der Waals surface area (Å²) in [4.78, 5) is 15.2. The van der Waals surface area contributed by atoms with Gasteiger partial charge in [-0.05, 0) is 24.5 Å². The molecule has 1 aromatic rings. The summed E-state index contributed by atoms with van der Waals surface area (Å²) >= 11 is 0. The van der Waals surface area contributed by atoms with Crippen molar-refractivity contribution in [2.24, 2.45) is 5.92 Å². The second-order valence-corrected chi connectivity index (χ2v) is 9.36. The Hall–Kier alpha value is -1.67. The maximum atomic E-state index is 14.6. The number of amides is 1. The number of carbonyl (C=O) groups excluding carboxylic acids is 1. The number of rotatable bonds is 3. The highest BCUT2D eigenvalue weighted by atomic mass is 32.2. The molecule has 1 aromatic carbocycles. The largest absolute Gasteiger partial charge is 0.368 e. The van der Waals surface area contributed by atoms with E-state index in [4.69, 9.17) is 0 Å². The second kappa shape index (κ2) is 7.52. The Kier molecular flexibility index (Phi) is 5.53. The first kappa shape index (κ1) is 19.1. The van der Waals surface area contributed by atoms with E-state index in [1.165, 1.54) is 10.4 Å². The lowest BCUT2D eigenvalue weighted by atomic mass is 10.1. The number of hydrogen-bond acceptors (Lipinski definition) is 4. The Labute approximate surface area is 154 Å². The molecule has 3 rings (SSSR count). The van der Waals surface area contributed by atoms with Crippen LogP contribution in [-0.2, 0) is 21.4 Å². The van der Waals surface area contributed by atoms with Crippen molar-refractivity contribution in [1.82, 2.24) is 9.21 Å². The van der Waals surface area contributed by atoms with Gasteiger partial charge in [-0.15, -0.1) is 0 Å². The highest BCUT2D eigenvalue weighted by Gasteiger charge is 2.30. The summed E-state index contributed by atoms with van der Waals surface area (Å²) in [6.45, 7) is 6.67. The second-order valence-electron chi connectivity index (χ2n) is 7.27. The number of sulfonamides is 1. The topological polar surface area (TPSA) is 60.9 Å². The number of hydrogen-bond donors (Lipinski definition) is 0. The van der Waals surface area contributed by atoms with Crippen molar-refractivity contribution in [2.75, 3.05) is 43.4 Å². The van der Waals surface area contributed by atoms with Gasteiger partial charge in [0.2, 0.25) is 15.9 Å². The number of anilines is 1. The monoisotopic (exact) mass is 383 g/mol. The normalized spacial score (nSPS) is 23.9. The summed E-state index contributed by atoms with van der Waals surface area (Å²) in [5, 5.41) is 0. The van der Waals surface area contributed by atoms with Gasteiger partial charge in [0, 0.05) is 57.4 Å². The average Bonchev–Trinajstić information content (AvgIpc) is 2.60. The molecule has 2 aliphatic rings. The van der Waals surface area contributed by atoms with Crippen LogP contribution in [0, 0.1) is 11.7 Å². The Balaban J connectivity index is 1.69. The lowest BCUT2D eigenvalue weighted by Crippen LogP contribution is -2.48. The third-order valence-corrected chi connectivity index (χ3v) is 7.07. The summed E-state index contributed by atoms with van der Waals surface area (Å²) in [7, 11) is -3.30.